The molecule has 74 valence electrons. The molecule has 1 aromatic rings. The molecule has 0 fully saturated rings. The maximum Gasteiger partial charge on any atom is 0.140 e. The van der Waals surface area contributed by atoms with E-state index in [0.29, 0.717) is 12.2 Å². The van der Waals surface area contributed by atoms with Crippen LogP contribution in [0.3, 0.4) is 0 Å². The lowest BCUT2D eigenvalue weighted by molar-refractivity contribution is -0.120. The summed E-state index contributed by atoms with van der Waals surface area (Å²) in [6.45, 7) is 1.97. The van der Waals surface area contributed by atoms with Crippen molar-refractivity contribution in [1.82, 2.24) is 0 Å². The minimum absolute atomic E-state index is 0.0360. The highest BCUT2D eigenvalue weighted by atomic mass is 16.5. The first-order valence-electron chi connectivity index (χ1n) is 4.92. The topological polar surface area (TPSA) is 26.3 Å². The summed E-state index contributed by atoms with van der Waals surface area (Å²) >= 11 is 0. The van der Waals surface area contributed by atoms with Crippen LogP contribution in [0.4, 0.5) is 0 Å². The van der Waals surface area contributed by atoms with Crippen molar-refractivity contribution in [1.29, 1.82) is 0 Å². The van der Waals surface area contributed by atoms with Crippen molar-refractivity contribution >= 4 is 5.78 Å². The van der Waals surface area contributed by atoms with E-state index in [0.717, 1.165) is 17.7 Å². The number of methoxy groups -OCH3 is 1. The monoisotopic (exact) mass is 190 g/mol. The van der Waals surface area contributed by atoms with E-state index >= 15 is 0 Å². The number of ether oxygens (including phenoxy) is 1. The Kier molecular flexibility index (Phi) is 2.28. The number of Topliss-reactive ketones (excluding diaryl/α,β-unsaturated/α-hetero) is 1. The van der Waals surface area contributed by atoms with Crippen molar-refractivity contribution in [2.45, 2.75) is 25.7 Å². The second-order valence-electron chi connectivity index (χ2n) is 3.72. The first-order chi connectivity index (χ1) is 6.74. The molecular formula is C12H14O2. The number of ketones is 1. The molecule has 0 saturated heterocycles. The maximum atomic E-state index is 11.5. The molecular weight excluding hydrogens is 176 g/mol. The van der Waals surface area contributed by atoms with Crippen LogP contribution in [0.2, 0.25) is 0 Å². The maximum absolute atomic E-state index is 11.5. The van der Waals surface area contributed by atoms with E-state index in [1.165, 1.54) is 5.56 Å². The van der Waals surface area contributed by atoms with Crippen LogP contribution in [0.5, 0.6) is 5.75 Å². The zero-order valence-electron chi connectivity index (χ0n) is 8.54. The average Bonchev–Trinajstić information content (AvgIpc) is 2.23. The van der Waals surface area contributed by atoms with Crippen molar-refractivity contribution in [2.75, 3.05) is 7.11 Å². The van der Waals surface area contributed by atoms with E-state index in [1.807, 2.05) is 25.1 Å². The lowest BCUT2D eigenvalue weighted by atomic mass is 9.82. The molecule has 0 bridgehead atoms. The average molecular weight is 190 g/mol. The predicted octanol–water partition coefficient (Wildman–Crippen LogP) is 2.31. The smallest absolute Gasteiger partial charge is 0.140 e. The lowest BCUT2D eigenvalue weighted by Crippen LogP contribution is -2.18. The van der Waals surface area contributed by atoms with Gasteiger partial charge in [0.15, 0.2) is 0 Å². The minimum atomic E-state index is 0.0360. The number of fused-ring (bicyclic) bond motifs is 1. The van der Waals surface area contributed by atoms with Crippen molar-refractivity contribution < 1.29 is 9.53 Å². The van der Waals surface area contributed by atoms with E-state index in [9.17, 15) is 4.79 Å². The summed E-state index contributed by atoms with van der Waals surface area (Å²) in [6, 6.07) is 5.94. The highest BCUT2D eigenvalue weighted by Crippen LogP contribution is 2.34. The molecule has 2 rings (SSSR count). The largest absolute Gasteiger partial charge is 0.496 e. The molecule has 0 spiro atoms. The van der Waals surface area contributed by atoms with Gasteiger partial charge in [0.05, 0.1) is 7.11 Å². The van der Waals surface area contributed by atoms with Crippen molar-refractivity contribution in [3.8, 4) is 5.75 Å². The van der Waals surface area contributed by atoms with Gasteiger partial charge in [0, 0.05) is 12.3 Å². The Morgan fingerprint density at radius 3 is 2.86 bits per heavy atom. The predicted molar refractivity (Wildman–Crippen MR) is 54.7 cm³/mol. The first kappa shape index (κ1) is 9.25. The normalized spacial score (nSPS) is 20.4. The van der Waals surface area contributed by atoms with Gasteiger partial charge < -0.3 is 4.74 Å². The fourth-order valence-electron chi connectivity index (χ4n) is 2.09. The number of benzene rings is 1. The summed E-state index contributed by atoms with van der Waals surface area (Å²) < 4.78 is 5.28. The van der Waals surface area contributed by atoms with Crippen LogP contribution in [-0.4, -0.2) is 12.9 Å². The molecule has 0 aliphatic heterocycles. The second kappa shape index (κ2) is 3.45. The van der Waals surface area contributed by atoms with Gasteiger partial charge in [-0.1, -0.05) is 19.1 Å². The van der Waals surface area contributed by atoms with Gasteiger partial charge in [-0.2, -0.15) is 0 Å². The van der Waals surface area contributed by atoms with E-state index in [-0.39, 0.29) is 5.92 Å². The van der Waals surface area contributed by atoms with Crippen LogP contribution in [0, 0.1) is 0 Å². The zero-order valence-corrected chi connectivity index (χ0v) is 8.54. The molecule has 1 aliphatic carbocycles. The third kappa shape index (κ3) is 1.31. The number of carbonyl (C=O) groups excluding carboxylic acids is 1. The fourth-order valence-corrected chi connectivity index (χ4v) is 2.09. The van der Waals surface area contributed by atoms with Gasteiger partial charge in [0.2, 0.25) is 0 Å². The van der Waals surface area contributed by atoms with Crippen LogP contribution in [0.25, 0.3) is 0 Å². The quantitative estimate of drug-likeness (QED) is 0.679. The Hall–Kier alpha value is -1.31. The molecule has 1 aliphatic rings. The molecule has 0 aromatic heterocycles. The molecule has 2 nitrogen and oxygen atoms in total. The van der Waals surface area contributed by atoms with Crippen molar-refractivity contribution in [3.63, 3.8) is 0 Å². The lowest BCUT2D eigenvalue weighted by Gasteiger charge is -2.22. The first-order valence-corrected chi connectivity index (χ1v) is 4.92. The Morgan fingerprint density at radius 2 is 2.14 bits per heavy atom. The van der Waals surface area contributed by atoms with Crippen molar-refractivity contribution in [2.24, 2.45) is 0 Å². The van der Waals surface area contributed by atoms with E-state index in [4.69, 9.17) is 4.74 Å². The molecule has 0 heterocycles. The third-order valence-electron chi connectivity index (χ3n) is 2.96. The molecule has 0 N–H and O–H groups in total. The Labute approximate surface area is 83.9 Å². The minimum Gasteiger partial charge on any atom is -0.496 e. The highest BCUT2D eigenvalue weighted by Gasteiger charge is 2.25. The molecule has 0 radical (unpaired) electrons. The summed E-state index contributed by atoms with van der Waals surface area (Å²) in [5.74, 6) is 1.29. The van der Waals surface area contributed by atoms with Crippen LogP contribution < -0.4 is 4.74 Å². The van der Waals surface area contributed by atoms with Gasteiger partial charge in [-0.05, 0) is 23.6 Å². The van der Waals surface area contributed by atoms with E-state index in [2.05, 4.69) is 0 Å². The second-order valence-corrected chi connectivity index (χ2v) is 3.72. The van der Waals surface area contributed by atoms with Gasteiger partial charge in [-0.3, -0.25) is 4.79 Å². The molecule has 1 atom stereocenters. The van der Waals surface area contributed by atoms with Gasteiger partial charge in [0.25, 0.3) is 0 Å². The summed E-state index contributed by atoms with van der Waals surface area (Å²) in [5.41, 5.74) is 2.35. The fraction of sp³-hybridized carbons (Fsp3) is 0.417. The molecule has 1 aromatic carbocycles. The Bertz CT molecular complexity index is 369. The van der Waals surface area contributed by atoms with Gasteiger partial charge in [-0.15, -0.1) is 0 Å². The molecule has 0 saturated carbocycles. The molecule has 14 heavy (non-hydrogen) atoms. The summed E-state index contributed by atoms with van der Waals surface area (Å²) in [6.07, 6.45) is 1.47. The third-order valence-corrected chi connectivity index (χ3v) is 2.96. The highest BCUT2D eigenvalue weighted by molar-refractivity contribution is 5.88. The van der Waals surface area contributed by atoms with Gasteiger partial charge in [0.1, 0.15) is 11.5 Å². The number of carbonyl (C=O) groups is 1. The standard InChI is InChI=1S/C12H14O2/c1-8-9-4-3-5-12(14-2)10(9)6-7-11(8)13/h3-5,8H,6-7H2,1-2H3. The number of hydrogen-bond acceptors (Lipinski definition) is 2. The Morgan fingerprint density at radius 1 is 1.36 bits per heavy atom. The Balaban J connectivity index is 2.52. The van der Waals surface area contributed by atoms with Crippen LogP contribution in [0.1, 0.15) is 30.4 Å². The molecule has 0 amide bonds. The van der Waals surface area contributed by atoms with E-state index in [1.54, 1.807) is 7.11 Å². The summed E-state index contributed by atoms with van der Waals surface area (Å²) in [5, 5.41) is 0. The molecule has 1 unspecified atom stereocenters. The van der Waals surface area contributed by atoms with Crippen molar-refractivity contribution in [3.05, 3.63) is 29.3 Å². The number of hydrogen-bond donors (Lipinski definition) is 0. The SMILES string of the molecule is COc1cccc2c1CCC(=O)C2C. The summed E-state index contributed by atoms with van der Waals surface area (Å²) in [4.78, 5) is 11.5. The van der Waals surface area contributed by atoms with Crippen LogP contribution >= 0.6 is 0 Å². The zero-order chi connectivity index (χ0) is 10.1. The van der Waals surface area contributed by atoms with Gasteiger partial charge in [-0.25, -0.2) is 0 Å². The van der Waals surface area contributed by atoms with Crippen LogP contribution in [0.15, 0.2) is 18.2 Å². The molecule has 2 heteroatoms. The van der Waals surface area contributed by atoms with Gasteiger partial charge >= 0.3 is 0 Å². The van der Waals surface area contributed by atoms with E-state index < -0.39 is 0 Å². The number of rotatable bonds is 1. The summed E-state index contributed by atoms with van der Waals surface area (Å²) in [7, 11) is 1.68. The van der Waals surface area contributed by atoms with Crippen LogP contribution in [-0.2, 0) is 11.2 Å².